The molecule has 166 valence electrons. The van der Waals surface area contributed by atoms with Crippen molar-refractivity contribution in [2.75, 3.05) is 25.6 Å². The molecular weight excluding hydrogens is 416 g/mol. The molecule has 9 heteroatoms. The molecule has 0 aliphatic rings. The molecule has 0 aromatic heterocycles. The predicted octanol–water partition coefficient (Wildman–Crippen LogP) is 4.16. The van der Waals surface area contributed by atoms with Crippen LogP contribution in [0.5, 0.6) is 17.2 Å². The van der Waals surface area contributed by atoms with Gasteiger partial charge in [-0.15, -0.1) is 0 Å². The Morgan fingerprint density at radius 3 is 2.44 bits per heavy atom. The average molecular weight is 438 g/mol. The Labute approximate surface area is 184 Å². The van der Waals surface area contributed by atoms with Gasteiger partial charge >= 0.3 is 0 Å². The van der Waals surface area contributed by atoms with Crippen molar-refractivity contribution in [3.05, 3.63) is 88.0 Å². The van der Waals surface area contributed by atoms with Crippen molar-refractivity contribution in [2.45, 2.75) is 6.61 Å². The molecule has 0 saturated heterocycles. The number of rotatable bonds is 10. The molecule has 0 fully saturated rings. The zero-order chi connectivity index (χ0) is 22.9. The molecule has 3 aromatic carbocycles. The first-order chi connectivity index (χ1) is 15.5. The van der Waals surface area contributed by atoms with Gasteiger partial charge in [-0.05, 0) is 42.0 Å². The van der Waals surface area contributed by atoms with Crippen LogP contribution in [0.25, 0.3) is 0 Å². The number of hydrogen-bond acceptors (Lipinski definition) is 7. The van der Waals surface area contributed by atoms with Crippen LogP contribution in [-0.2, 0) is 11.3 Å². The van der Waals surface area contributed by atoms with E-state index in [0.29, 0.717) is 36.0 Å². The average Bonchev–Trinajstić information content (AvgIpc) is 2.79. The highest BCUT2D eigenvalue weighted by Crippen LogP contribution is 2.25. The fourth-order valence-corrected chi connectivity index (χ4v) is 2.80. The van der Waals surface area contributed by atoms with Crippen LogP contribution >= 0.6 is 0 Å². The van der Waals surface area contributed by atoms with Crippen molar-refractivity contribution in [1.82, 2.24) is 0 Å². The Kier molecular flexibility index (Phi) is 7.60. The minimum Gasteiger partial charge on any atom is -0.507 e. The maximum Gasteiger partial charge on any atom is 0.269 e. The minimum atomic E-state index is -0.476. The Morgan fingerprint density at radius 1 is 1.00 bits per heavy atom. The van der Waals surface area contributed by atoms with E-state index in [4.69, 9.17) is 14.2 Å². The number of ether oxygens (including phenoxy) is 3. The molecule has 1 amide bonds. The lowest BCUT2D eigenvalue weighted by Gasteiger charge is -2.11. The van der Waals surface area contributed by atoms with E-state index in [1.165, 1.54) is 24.3 Å². The molecule has 2 N–H and O–H groups in total. The second kappa shape index (κ2) is 10.8. The Hall–Kier alpha value is -4.11. The lowest BCUT2D eigenvalue weighted by molar-refractivity contribution is -0.384. The number of non-ortho nitro benzene ring substituents is 1. The van der Waals surface area contributed by atoms with Crippen molar-refractivity contribution >= 4 is 17.3 Å². The van der Waals surface area contributed by atoms with E-state index in [0.717, 1.165) is 0 Å². The van der Waals surface area contributed by atoms with Crippen LogP contribution in [0.4, 0.5) is 11.4 Å². The zero-order valence-corrected chi connectivity index (χ0v) is 17.3. The third kappa shape index (κ3) is 6.19. The number of anilines is 1. The highest BCUT2D eigenvalue weighted by atomic mass is 16.6. The van der Waals surface area contributed by atoms with Gasteiger partial charge in [0.05, 0.1) is 17.1 Å². The molecule has 0 aliphatic carbocycles. The smallest absolute Gasteiger partial charge is 0.269 e. The number of nitrogens with zero attached hydrogens (tertiary/aromatic N) is 1. The van der Waals surface area contributed by atoms with Gasteiger partial charge in [0.25, 0.3) is 11.6 Å². The number of nitro groups is 1. The summed E-state index contributed by atoms with van der Waals surface area (Å²) in [6, 6.07) is 17.3. The fraction of sp³-hybridized carbons (Fsp3) is 0.174. The summed E-state index contributed by atoms with van der Waals surface area (Å²) in [5, 5.41) is 23.7. The number of nitro benzene ring substituents is 1. The maximum absolute atomic E-state index is 12.5. The molecule has 3 rings (SSSR count). The fourth-order valence-electron chi connectivity index (χ4n) is 2.80. The number of aromatic hydroxyl groups is 1. The summed E-state index contributed by atoms with van der Waals surface area (Å²) >= 11 is 0. The molecular formula is C23H22N2O7. The van der Waals surface area contributed by atoms with Gasteiger partial charge in [0.1, 0.15) is 30.5 Å². The molecule has 0 aliphatic heterocycles. The number of carbonyl (C=O) groups is 1. The summed E-state index contributed by atoms with van der Waals surface area (Å²) in [4.78, 5) is 22.9. The molecule has 0 spiro atoms. The van der Waals surface area contributed by atoms with Crippen molar-refractivity contribution in [1.29, 1.82) is 0 Å². The van der Waals surface area contributed by atoms with Crippen molar-refractivity contribution in [3.63, 3.8) is 0 Å². The van der Waals surface area contributed by atoms with Gasteiger partial charge in [-0.25, -0.2) is 0 Å². The van der Waals surface area contributed by atoms with E-state index in [-0.39, 0.29) is 23.6 Å². The summed E-state index contributed by atoms with van der Waals surface area (Å²) in [7, 11) is 1.56. The number of hydrogen-bond donors (Lipinski definition) is 2. The number of nitrogens with one attached hydrogen (secondary N) is 1. The van der Waals surface area contributed by atoms with Crippen LogP contribution in [0.1, 0.15) is 15.9 Å². The molecule has 0 atom stereocenters. The van der Waals surface area contributed by atoms with Crippen molar-refractivity contribution < 1.29 is 29.0 Å². The van der Waals surface area contributed by atoms with Gasteiger partial charge in [0, 0.05) is 31.0 Å². The van der Waals surface area contributed by atoms with Crippen molar-refractivity contribution in [3.8, 4) is 17.2 Å². The topological polar surface area (TPSA) is 120 Å². The lowest BCUT2D eigenvalue weighted by atomic mass is 10.1. The highest BCUT2D eigenvalue weighted by Gasteiger charge is 2.13. The Morgan fingerprint density at radius 2 is 1.75 bits per heavy atom. The van der Waals surface area contributed by atoms with Crippen LogP contribution < -0.4 is 14.8 Å². The predicted molar refractivity (Wildman–Crippen MR) is 117 cm³/mol. The van der Waals surface area contributed by atoms with Gasteiger partial charge in [-0.3, -0.25) is 14.9 Å². The van der Waals surface area contributed by atoms with Crippen LogP contribution in [0.15, 0.2) is 66.7 Å². The van der Waals surface area contributed by atoms with Gasteiger partial charge in [0.2, 0.25) is 0 Å². The molecule has 0 unspecified atom stereocenters. The summed E-state index contributed by atoms with van der Waals surface area (Å²) < 4.78 is 15.9. The summed E-state index contributed by atoms with van der Waals surface area (Å²) in [6.07, 6.45) is 0. The zero-order valence-electron chi connectivity index (χ0n) is 17.3. The third-order valence-electron chi connectivity index (χ3n) is 4.41. The number of phenolic OH excluding ortho intramolecular Hbond substituents is 1. The number of phenols is 1. The monoisotopic (exact) mass is 438 g/mol. The number of carbonyl (C=O) groups excluding carboxylic acids is 1. The van der Waals surface area contributed by atoms with E-state index in [1.54, 1.807) is 49.6 Å². The van der Waals surface area contributed by atoms with Crippen molar-refractivity contribution in [2.24, 2.45) is 0 Å². The van der Waals surface area contributed by atoms with E-state index in [2.05, 4.69) is 5.32 Å². The Balaban J connectivity index is 1.56. The number of benzene rings is 3. The first kappa shape index (κ1) is 22.6. The molecule has 32 heavy (non-hydrogen) atoms. The van der Waals surface area contributed by atoms with E-state index in [9.17, 15) is 20.0 Å². The van der Waals surface area contributed by atoms with E-state index in [1.807, 2.05) is 0 Å². The number of amides is 1. The van der Waals surface area contributed by atoms with Crippen LogP contribution in [-0.4, -0.2) is 36.3 Å². The normalized spacial score (nSPS) is 10.4. The minimum absolute atomic E-state index is 0.00184. The molecule has 9 nitrogen and oxygen atoms in total. The quantitative estimate of drug-likeness (QED) is 0.277. The SMILES string of the molecule is COCCOc1ccc(C(=O)Nc2ccc(OCc3cccc([N+](=O)[O-])c3)cc2)c(O)c1. The molecule has 3 aromatic rings. The van der Waals surface area contributed by atoms with Gasteiger partial charge in [0.15, 0.2) is 0 Å². The third-order valence-corrected chi connectivity index (χ3v) is 4.41. The van der Waals surface area contributed by atoms with Gasteiger partial charge in [-0.1, -0.05) is 12.1 Å². The van der Waals surface area contributed by atoms with Gasteiger partial charge in [-0.2, -0.15) is 0 Å². The second-order valence-electron chi connectivity index (χ2n) is 6.71. The van der Waals surface area contributed by atoms with E-state index >= 15 is 0 Å². The number of methoxy groups -OCH3 is 1. The summed E-state index contributed by atoms with van der Waals surface area (Å²) in [5.74, 6) is 0.293. The largest absolute Gasteiger partial charge is 0.507 e. The lowest BCUT2D eigenvalue weighted by Crippen LogP contribution is -2.12. The second-order valence-corrected chi connectivity index (χ2v) is 6.71. The first-order valence-corrected chi connectivity index (χ1v) is 9.68. The van der Waals surface area contributed by atoms with Crippen LogP contribution in [0.2, 0.25) is 0 Å². The summed E-state index contributed by atoms with van der Waals surface area (Å²) in [5.41, 5.74) is 1.29. The highest BCUT2D eigenvalue weighted by molar-refractivity contribution is 6.06. The molecule has 0 bridgehead atoms. The van der Waals surface area contributed by atoms with Crippen LogP contribution in [0, 0.1) is 10.1 Å². The van der Waals surface area contributed by atoms with Gasteiger partial charge < -0.3 is 24.6 Å². The standard InChI is InChI=1S/C23H22N2O7/c1-30-11-12-31-20-9-10-21(22(26)14-20)23(27)24-17-5-7-19(8-6-17)32-15-16-3-2-4-18(13-16)25(28)29/h2-10,13-14,26H,11-12,15H2,1H3,(H,24,27). The molecule has 0 heterocycles. The molecule has 0 saturated carbocycles. The first-order valence-electron chi connectivity index (χ1n) is 9.68. The summed E-state index contributed by atoms with van der Waals surface area (Å²) in [6.45, 7) is 0.908. The van der Waals surface area contributed by atoms with E-state index < -0.39 is 10.8 Å². The Bertz CT molecular complexity index is 1080. The maximum atomic E-state index is 12.5. The molecule has 0 radical (unpaired) electrons. The van der Waals surface area contributed by atoms with Crippen LogP contribution in [0.3, 0.4) is 0 Å².